The van der Waals surface area contributed by atoms with Crippen molar-refractivity contribution in [3.63, 3.8) is 0 Å². The normalized spacial score (nSPS) is 10.5. The fourth-order valence-electron chi connectivity index (χ4n) is 2.59. The van der Waals surface area contributed by atoms with Crippen LogP contribution in [0, 0.1) is 0 Å². The van der Waals surface area contributed by atoms with Gasteiger partial charge in [-0.3, -0.25) is 14.4 Å². The maximum atomic E-state index is 11.3. The fraction of sp³-hybridized carbons (Fsp3) is 0.833. The second kappa shape index (κ2) is 16.3. The number of carbonyl (C=O) groups excluding carboxylic acids is 1. The van der Waals surface area contributed by atoms with E-state index in [-0.39, 0.29) is 12.5 Å². The molecule has 0 aromatic rings. The van der Waals surface area contributed by atoms with Crippen molar-refractivity contribution in [2.45, 2.75) is 89.9 Å². The number of carboxylic acid groups (broad SMARTS) is 2. The standard InChI is InChI=1S/C18H33NO5/c20-16(19-15-18(23)24)13-11-9-7-5-3-1-2-4-6-8-10-12-14-17(21)22/h1-15H2,(H,19,20)(H,21,22)(H,23,24). The third-order valence-electron chi connectivity index (χ3n) is 3.98. The van der Waals surface area contributed by atoms with Gasteiger partial charge in [-0.25, -0.2) is 0 Å². The van der Waals surface area contributed by atoms with Gasteiger partial charge >= 0.3 is 11.9 Å². The van der Waals surface area contributed by atoms with Crippen molar-refractivity contribution in [1.82, 2.24) is 5.32 Å². The van der Waals surface area contributed by atoms with E-state index in [1.165, 1.54) is 38.5 Å². The van der Waals surface area contributed by atoms with E-state index in [4.69, 9.17) is 10.2 Å². The molecule has 6 nitrogen and oxygen atoms in total. The number of hydrogen-bond donors (Lipinski definition) is 3. The summed E-state index contributed by atoms with van der Waals surface area (Å²) in [5.74, 6) is -1.89. The highest BCUT2D eigenvalue weighted by Gasteiger charge is 2.03. The smallest absolute Gasteiger partial charge is 0.322 e. The molecule has 3 N–H and O–H groups in total. The van der Waals surface area contributed by atoms with Crippen LogP contribution in [0.5, 0.6) is 0 Å². The van der Waals surface area contributed by atoms with Crippen LogP contribution in [0.3, 0.4) is 0 Å². The summed E-state index contributed by atoms with van der Waals surface area (Å²) >= 11 is 0. The van der Waals surface area contributed by atoms with Crippen LogP contribution in [0.2, 0.25) is 0 Å². The number of nitrogens with one attached hydrogen (secondary N) is 1. The lowest BCUT2D eigenvalue weighted by molar-refractivity contribution is -0.138. The van der Waals surface area contributed by atoms with Crippen LogP contribution in [0.25, 0.3) is 0 Å². The Balaban J connectivity index is 3.13. The molecule has 0 saturated carbocycles. The van der Waals surface area contributed by atoms with Crippen molar-refractivity contribution in [3.05, 3.63) is 0 Å². The molecule has 0 aliphatic carbocycles. The maximum absolute atomic E-state index is 11.3. The fourth-order valence-corrected chi connectivity index (χ4v) is 2.59. The third kappa shape index (κ3) is 18.5. The Morgan fingerprint density at radius 1 is 0.542 bits per heavy atom. The van der Waals surface area contributed by atoms with Gasteiger partial charge in [0.15, 0.2) is 0 Å². The van der Waals surface area contributed by atoms with E-state index >= 15 is 0 Å². The Labute approximate surface area is 145 Å². The zero-order valence-electron chi connectivity index (χ0n) is 14.7. The van der Waals surface area contributed by atoms with Gasteiger partial charge in [0.1, 0.15) is 6.54 Å². The molecular weight excluding hydrogens is 310 g/mol. The van der Waals surface area contributed by atoms with Crippen molar-refractivity contribution in [2.24, 2.45) is 0 Å². The minimum absolute atomic E-state index is 0.180. The second-order valence-corrected chi connectivity index (χ2v) is 6.31. The molecule has 0 atom stereocenters. The molecule has 0 saturated heterocycles. The van der Waals surface area contributed by atoms with Crippen LogP contribution in [0.4, 0.5) is 0 Å². The van der Waals surface area contributed by atoms with E-state index in [9.17, 15) is 14.4 Å². The molecule has 24 heavy (non-hydrogen) atoms. The summed E-state index contributed by atoms with van der Waals surface area (Å²) in [7, 11) is 0. The largest absolute Gasteiger partial charge is 0.481 e. The predicted molar refractivity (Wildman–Crippen MR) is 92.9 cm³/mol. The first-order chi connectivity index (χ1) is 11.5. The number of unbranched alkanes of at least 4 members (excludes halogenated alkanes) is 11. The number of carbonyl (C=O) groups is 3. The Bertz CT molecular complexity index is 357. The molecule has 0 fully saturated rings. The summed E-state index contributed by atoms with van der Waals surface area (Å²) in [6.07, 6.45) is 14.0. The minimum Gasteiger partial charge on any atom is -0.481 e. The second-order valence-electron chi connectivity index (χ2n) is 6.31. The summed E-state index contributed by atoms with van der Waals surface area (Å²) < 4.78 is 0. The third-order valence-corrected chi connectivity index (χ3v) is 3.98. The van der Waals surface area contributed by atoms with Crippen LogP contribution >= 0.6 is 0 Å². The Hall–Kier alpha value is -1.59. The van der Waals surface area contributed by atoms with Gasteiger partial charge in [-0.05, 0) is 12.8 Å². The van der Waals surface area contributed by atoms with Crippen LogP contribution in [-0.4, -0.2) is 34.6 Å². The Kier molecular flexibility index (Phi) is 15.2. The first kappa shape index (κ1) is 22.4. The molecule has 0 unspecified atom stereocenters. The average molecular weight is 343 g/mol. The van der Waals surface area contributed by atoms with Crippen molar-refractivity contribution in [2.75, 3.05) is 6.54 Å². The summed E-state index contributed by atoms with van der Waals surface area (Å²) in [6.45, 7) is -0.293. The van der Waals surface area contributed by atoms with Gasteiger partial charge in [0.25, 0.3) is 0 Å². The molecule has 6 heteroatoms. The highest BCUT2D eigenvalue weighted by molar-refractivity contribution is 5.80. The van der Waals surface area contributed by atoms with Gasteiger partial charge in [-0.2, -0.15) is 0 Å². The average Bonchev–Trinajstić information content (AvgIpc) is 2.52. The molecule has 0 rings (SSSR count). The van der Waals surface area contributed by atoms with Crippen LogP contribution in [0.1, 0.15) is 89.9 Å². The zero-order valence-corrected chi connectivity index (χ0v) is 14.7. The first-order valence-electron chi connectivity index (χ1n) is 9.22. The lowest BCUT2D eigenvalue weighted by atomic mass is 10.0. The first-order valence-corrected chi connectivity index (χ1v) is 9.22. The van der Waals surface area contributed by atoms with Crippen molar-refractivity contribution >= 4 is 17.8 Å². The molecule has 140 valence electrons. The monoisotopic (exact) mass is 343 g/mol. The molecule has 0 aliphatic heterocycles. The molecule has 0 heterocycles. The summed E-state index contributed by atoms with van der Waals surface area (Å²) in [5, 5.41) is 19.3. The zero-order chi connectivity index (χ0) is 18.0. The van der Waals surface area contributed by atoms with Crippen LogP contribution < -0.4 is 5.32 Å². The molecule has 0 aromatic carbocycles. The molecule has 1 amide bonds. The topological polar surface area (TPSA) is 104 Å². The molecule has 0 aromatic heterocycles. The van der Waals surface area contributed by atoms with E-state index in [0.717, 1.165) is 38.5 Å². The van der Waals surface area contributed by atoms with Gasteiger partial charge < -0.3 is 15.5 Å². The number of carboxylic acids is 2. The van der Waals surface area contributed by atoms with E-state index in [1.807, 2.05) is 0 Å². The molecular formula is C18H33NO5. The van der Waals surface area contributed by atoms with Crippen molar-refractivity contribution in [1.29, 1.82) is 0 Å². The number of hydrogen-bond acceptors (Lipinski definition) is 3. The number of amides is 1. The lowest BCUT2D eigenvalue weighted by Crippen LogP contribution is -2.28. The summed E-state index contributed by atoms with van der Waals surface area (Å²) in [4.78, 5) is 31.9. The Morgan fingerprint density at radius 2 is 0.917 bits per heavy atom. The van der Waals surface area contributed by atoms with E-state index in [0.29, 0.717) is 12.8 Å². The quantitative estimate of drug-likeness (QED) is 0.349. The van der Waals surface area contributed by atoms with E-state index < -0.39 is 11.9 Å². The van der Waals surface area contributed by atoms with Gasteiger partial charge in [0, 0.05) is 12.8 Å². The van der Waals surface area contributed by atoms with Gasteiger partial charge in [0.05, 0.1) is 0 Å². The predicted octanol–water partition coefficient (Wildman–Crippen LogP) is 3.73. The van der Waals surface area contributed by atoms with Crippen molar-refractivity contribution in [3.8, 4) is 0 Å². The highest BCUT2D eigenvalue weighted by atomic mass is 16.4. The number of rotatable bonds is 17. The lowest BCUT2D eigenvalue weighted by Gasteiger charge is -2.04. The van der Waals surface area contributed by atoms with Gasteiger partial charge in [-0.15, -0.1) is 0 Å². The molecule has 0 spiro atoms. The van der Waals surface area contributed by atoms with Crippen molar-refractivity contribution < 1.29 is 24.6 Å². The molecule has 0 aliphatic rings. The van der Waals surface area contributed by atoms with Crippen LogP contribution in [0.15, 0.2) is 0 Å². The summed E-state index contributed by atoms with van der Waals surface area (Å²) in [6, 6.07) is 0. The van der Waals surface area contributed by atoms with Gasteiger partial charge in [0.2, 0.25) is 5.91 Å². The summed E-state index contributed by atoms with van der Waals surface area (Å²) in [5.41, 5.74) is 0. The SMILES string of the molecule is O=C(O)CCCCCCCCCCCCCCC(=O)NCC(=O)O. The minimum atomic E-state index is -1.01. The van der Waals surface area contributed by atoms with E-state index in [2.05, 4.69) is 5.32 Å². The molecule has 0 radical (unpaired) electrons. The van der Waals surface area contributed by atoms with Gasteiger partial charge in [-0.1, -0.05) is 64.2 Å². The highest BCUT2D eigenvalue weighted by Crippen LogP contribution is 2.12. The Morgan fingerprint density at radius 3 is 1.29 bits per heavy atom. The van der Waals surface area contributed by atoms with Crippen LogP contribution in [-0.2, 0) is 14.4 Å². The maximum Gasteiger partial charge on any atom is 0.322 e. The number of aliphatic carboxylic acids is 2. The van der Waals surface area contributed by atoms with E-state index in [1.54, 1.807) is 0 Å². The molecule has 0 bridgehead atoms.